The van der Waals surface area contributed by atoms with Gasteiger partial charge >= 0.3 is 0 Å². The smallest absolute Gasteiger partial charge is 0.254 e. The van der Waals surface area contributed by atoms with E-state index in [0.29, 0.717) is 28.7 Å². The molecule has 2 saturated carbocycles. The molecule has 1 saturated heterocycles. The first-order chi connectivity index (χ1) is 22.2. The van der Waals surface area contributed by atoms with Crippen molar-refractivity contribution in [3.8, 4) is 28.4 Å². The van der Waals surface area contributed by atoms with Crippen molar-refractivity contribution in [2.75, 3.05) is 27.7 Å². The van der Waals surface area contributed by atoms with Crippen LogP contribution in [0.3, 0.4) is 0 Å². The molecule has 46 heavy (non-hydrogen) atoms. The zero-order valence-electron chi connectivity index (χ0n) is 26.9. The molecule has 8 rings (SSSR count). The number of fused-ring (bicyclic) bond motifs is 4. The molecule has 3 heterocycles. The zero-order chi connectivity index (χ0) is 31.9. The molecule has 3 aromatic carbocycles. The van der Waals surface area contributed by atoms with Gasteiger partial charge in [0.05, 0.1) is 23.8 Å². The van der Waals surface area contributed by atoms with Gasteiger partial charge in [-0.05, 0) is 73.4 Å². The van der Waals surface area contributed by atoms with E-state index in [1.54, 1.807) is 26.1 Å². The Kier molecular flexibility index (Phi) is 6.72. The van der Waals surface area contributed by atoms with Crippen molar-refractivity contribution in [2.24, 2.45) is 24.6 Å². The number of ether oxygens (including phenoxy) is 1. The predicted molar refractivity (Wildman–Crippen MR) is 180 cm³/mol. The molecule has 0 spiro atoms. The van der Waals surface area contributed by atoms with Crippen LogP contribution in [0.25, 0.3) is 44.6 Å². The largest absolute Gasteiger partial charge is 0.494 e. The SMILES string of the molecule is COc1cc(C(=O)N2C[C@H]3CC[C@@H]2C3N)cc2nc(-c3cc4cccc(-c5ccc(C(=O)N(C)C)cc5)c4n3CC3CC3)n(C)c12. The number of methoxy groups -OCH3 is 1. The van der Waals surface area contributed by atoms with E-state index in [9.17, 15) is 9.59 Å². The Morgan fingerprint density at radius 2 is 1.76 bits per heavy atom. The van der Waals surface area contributed by atoms with E-state index in [0.717, 1.165) is 70.5 Å². The highest BCUT2D eigenvalue weighted by Crippen LogP contribution is 2.42. The first kappa shape index (κ1) is 28.8. The third-order valence-corrected chi connectivity index (χ3v) is 10.5. The molecule has 2 N–H and O–H groups in total. The van der Waals surface area contributed by atoms with E-state index in [1.807, 2.05) is 48.3 Å². The minimum Gasteiger partial charge on any atom is -0.494 e. The summed E-state index contributed by atoms with van der Waals surface area (Å²) >= 11 is 0. The van der Waals surface area contributed by atoms with Gasteiger partial charge in [-0.1, -0.05) is 30.3 Å². The predicted octanol–water partition coefficient (Wildman–Crippen LogP) is 5.54. The van der Waals surface area contributed by atoms with Gasteiger partial charge in [0.1, 0.15) is 11.3 Å². The highest BCUT2D eigenvalue weighted by Gasteiger charge is 2.47. The van der Waals surface area contributed by atoms with E-state index >= 15 is 0 Å². The minimum absolute atomic E-state index is 0.000780. The Labute approximate surface area is 268 Å². The number of imidazole rings is 1. The van der Waals surface area contributed by atoms with E-state index in [2.05, 4.69) is 33.4 Å². The van der Waals surface area contributed by atoms with Crippen LogP contribution in [0.15, 0.2) is 60.7 Å². The molecule has 9 heteroatoms. The average molecular weight is 617 g/mol. The molecule has 0 radical (unpaired) electrons. The molecular weight excluding hydrogens is 576 g/mol. The lowest BCUT2D eigenvalue weighted by Gasteiger charge is -2.27. The fourth-order valence-corrected chi connectivity index (χ4v) is 7.81. The topological polar surface area (TPSA) is 98.6 Å². The van der Waals surface area contributed by atoms with Crippen LogP contribution in [0, 0.1) is 11.8 Å². The molecule has 2 aromatic heterocycles. The van der Waals surface area contributed by atoms with Crippen molar-refractivity contribution in [3.63, 3.8) is 0 Å². The third kappa shape index (κ3) is 4.51. The molecule has 3 atom stereocenters. The molecule has 3 fully saturated rings. The number of benzene rings is 3. The second-order valence-corrected chi connectivity index (χ2v) is 13.6. The standard InChI is InChI=1S/C37H40N6O3/c1-40(2)36(44)23-12-10-22(11-13-23)27-7-5-6-24-17-30(42(33(24)27)19-21-8-9-21)35-39-28-16-26(18-31(46-4)34(28)41(35)3)37(45)43-20-25-14-15-29(43)32(25)38/h5-7,10-13,16-18,21,25,29,32H,8-9,14-15,19-20,38H2,1-4H3/t25-,29-,32?/m1/s1. The van der Waals surface area contributed by atoms with Gasteiger partial charge in [-0.25, -0.2) is 4.98 Å². The number of nitrogens with two attached hydrogens (primary N) is 1. The lowest BCUT2D eigenvalue weighted by molar-refractivity contribution is 0.0700. The van der Waals surface area contributed by atoms with Gasteiger partial charge in [0, 0.05) is 68.4 Å². The van der Waals surface area contributed by atoms with Gasteiger partial charge in [-0.2, -0.15) is 0 Å². The maximum Gasteiger partial charge on any atom is 0.254 e. The summed E-state index contributed by atoms with van der Waals surface area (Å²) in [6.45, 7) is 1.62. The number of rotatable bonds is 7. The Hall–Kier alpha value is -4.63. The van der Waals surface area contributed by atoms with Crippen molar-refractivity contribution in [1.29, 1.82) is 0 Å². The van der Waals surface area contributed by atoms with Crippen LogP contribution in [0.5, 0.6) is 5.75 Å². The second kappa shape index (κ2) is 10.7. The molecule has 3 aliphatic rings. The Morgan fingerprint density at radius 1 is 0.978 bits per heavy atom. The van der Waals surface area contributed by atoms with Gasteiger partial charge in [0.25, 0.3) is 11.8 Å². The van der Waals surface area contributed by atoms with E-state index in [4.69, 9.17) is 15.5 Å². The van der Waals surface area contributed by atoms with E-state index in [1.165, 1.54) is 12.8 Å². The van der Waals surface area contributed by atoms with Gasteiger partial charge in [0.2, 0.25) is 0 Å². The Bertz CT molecular complexity index is 2020. The average Bonchev–Trinajstić information content (AvgIpc) is 3.45. The molecule has 2 bridgehead atoms. The Morgan fingerprint density at radius 3 is 2.41 bits per heavy atom. The first-order valence-electron chi connectivity index (χ1n) is 16.3. The summed E-state index contributed by atoms with van der Waals surface area (Å²) in [4.78, 5) is 35.1. The number of aryl methyl sites for hydroxylation is 1. The van der Waals surface area contributed by atoms with Gasteiger partial charge < -0.3 is 29.4 Å². The molecule has 9 nitrogen and oxygen atoms in total. The molecule has 236 valence electrons. The van der Waals surface area contributed by atoms with Crippen molar-refractivity contribution in [2.45, 2.75) is 44.3 Å². The molecular formula is C37H40N6O3. The normalized spacial score (nSPS) is 20.6. The van der Waals surface area contributed by atoms with Gasteiger partial charge in [0.15, 0.2) is 5.82 Å². The second-order valence-electron chi connectivity index (χ2n) is 13.6. The number of carbonyl (C=O) groups excluding carboxylic acids is 2. The summed E-state index contributed by atoms with van der Waals surface area (Å²) in [6, 6.07) is 20.5. The van der Waals surface area contributed by atoms with Gasteiger partial charge in [-0.15, -0.1) is 0 Å². The quantitative estimate of drug-likeness (QED) is 0.259. The van der Waals surface area contributed by atoms with Crippen molar-refractivity contribution >= 4 is 33.8 Å². The van der Waals surface area contributed by atoms with Crippen LogP contribution in [-0.4, -0.2) is 75.6 Å². The number of amides is 2. The summed E-state index contributed by atoms with van der Waals surface area (Å²) < 4.78 is 10.4. The monoisotopic (exact) mass is 616 g/mol. The van der Waals surface area contributed by atoms with Crippen LogP contribution in [0.1, 0.15) is 46.4 Å². The highest BCUT2D eigenvalue weighted by molar-refractivity contribution is 6.02. The van der Waals surface area contributed by atoms with Gasteiger partial charge in [-0.3, -0.25) is 9.59 Å². The summed E-state index contributed by atoms with van der Waals surface area (Å²) in [6.07, 6.45) is 4.50. The van der Waals surface area contributed by atoms with E-state index < -0.39 is 0 Å². The van der Waals surface area contributed by atoms with Crippen LogP contribution in [0.2, 0.25) is 0 Å². The molecule has 5 aromatic rings. The maximum atomic E-state index is 13.8. The zero-order valence-corrected chi connectivity index (χ0v) is 26.9. The molecule has 1 aliphatic heterocycles. The van der Waals surface area contributed by atoms with Crippen molar-refractivity contribution in [1.82, 2.24) is 23.9 Å². The molecule has 2 aliphatic carbocycles. The number of nitrogens with zero attached hydrogens (tertiary/aromatic N) is 5. The van der Waals surface area contributed by atoms with Crippen LogP contribution in [-0.2, 0) is 13.6 Å². The van der Waals surface area contributed by atoms with Crippen LogP contribution in [0.4, 0.5) is 0 Å². The van der Waals surface area contributed by atoms with E-state index in [-0.39, 0.29) is 23.9 Å². The van der Waals surface area contributed by atoms with Crippen molar-refractivity contribution in [3.05, 3.63) is 71.8 Å². The third-order valence-electron chi connectivity index (χ3n) is 10.5. The van der Waals surface area contributed by atoms with Crippen LogP contribution >= 0.6 is 0 Å². The fraction of sp³-hybridized carbons (Fsp3) is 0.378. The minimum atomic E-state index is -0.0116. The summed E-state index contributed by atoms with van der Waals surface area (Å²) in [5.74, 6) is 2.46. The lowest BCUT2D eigenvalue weighted by Crippen LogP contribution is -2.41. The number of carbonyl (C=O) groups is 2. The number of para-hydroxylation sites is 1. The Balaban J connectivity index is 1.24. The number of piperidine rings is 1. The summed E-state index contributed by atoms with van der Waals surface area (Å²) in [5.41, 5.74) is 13.7. The molecule has 1 unspecified atom stereocenters. The number of hydrogen-bond donors (Lipinski definition) is 1. The highest BCUT2D eigenvalue weighted by atomic mass is 16.5. The number of aromatic nitrogens is 3. The first-order valence-corrected chi connectivity index (χ1v) is 16.3. The molecule has 2 amide bonds. The number of hydrogen-bond acceptors (Lipinski definition) is 5. The maximum absolute atomic E-state index is 13.8. The fourth-order valence-electron chi connectivity index (χ4n) is 7.81. The lowest BCUT2D eigenvalue weighted by atomic mass is 10.0. The summed E-state index contributed by atoms with van der Waals surface area (Å²) in [7, 11) is 7.21. The van der Waals surface area contributed by atoms with Crippen LogP contribution < -0.4 is 10.5 Å². The number of likely N-dealkylation sites (tertiary alicyclic amines) is 1. The summed E-state index contributed by atoms with van der Waals surface area (Å²) in [5, 5.41) is 1.14. The van der Waals surface area contributed by atoms with Crippen molar-refractivity contribution < 1.29 is 14.3 Å².